The first kappa shape index (κ1) is 21.5. The number of carbonyl (C=O) groups excluding carboxylic acids is 2. The summed E-state index contributed by atoms with van der Waals surface area (Å²) in [5.41, 5.74) is 4.34. The number of pyridine rings is 1. The summed E-state index contributed by atoms with van der Waals surface area (Å²) in [6.45, 7) is 2.92. The molecule has 4 aromatic rings. The summed E-state index contributed by atoms with van der Waals surface area (Å²) < 4.78 is 0. The monoisotopic (exact) mass is 449 g/mol. The van der Waals surface area contributed by atoms with Crippen LogP contribution >= 0.6 is 0 Å². The highest BCUT2D eigenvalue weighted by Crippen LogP contribution is 2.17. The summed E-state index contributed by atoms with van der Waals surface area (Å²) in [6.07, 6.45) is 8.26. The van der Waals surface area contributed by atoms with Gasteiger partial charge in [-0.1, -0.05) is 30.3 Å². The lowest BCUT2D eigenvalue weighted by Gasteiger charge is -2.36. The Morgan fingerprint density at radius 3 is 2.26 bits per heavy atom. The fourth-order valence-corrected chi connectivity index (χ4v) is 3.98. The molecule has 1 aliphatic rings. The highest BCUT2D eigenvalue weighted by atomic mass is 16.2. The number of anilines is 1. The molecule has 168 valence electrons. The number of hydrogen-bond donors (Lipinski definition) is 0. The van der Waals surface area contributed by atoms with Crippen molar-refractivity contribution < 1.29 is 9.59 Å². The van der Waals surface area contributed by atoms with Gasteiger partial charge in [0, 0.05) is 49.8 Å². The number of allylic oxidation sites excluding steroid dienone is 1. The Bertz CT molecular complexity index is 1340. The summed E-state index contributed by atoms with van der Waals surface area (Å²) in [6, 6.07) is 18.7. The van der Waals surface area contributed by atoms with Crippen molar-refractivity contribution in [3.8, 4) is 0 Å². The molecule has 2 aromatic carbocycles. The fourth-order valence-electron chi connectivity index (χ4n) is 3.98. The average Bonchev–Trinajstić information content (AvgIpc) is 2.92. The maximum Gasteiger partial charge on any atom is 0.253 e. The van der Waals surface area contributed by atoms with Crippen molar-refractivity contribution in [2.24, 2.45) is 0 Å². The molecule has 3 heterocycles. The number of rotatable bonds is 5. The van der Waals surface area contributed by atoms with Gasteiger partial charge in [-0.3, -0.25) is 19.6 Å². The van der Waals surface area contributed by atoms with Gasteiger partial charge >= 0.3 is 0 Å². The SMILES string of the molecule is O=C(C=Cc1ccc(C(=O)N2CCN(c3ccncc3)CC2)cc1)c1cnc2ccccc2n1. The molecule has 0 saturated carbocycles. The van der Waals surface area contributed by atoms with E-state index < -0.39 is 0 Å². The number of hydrogen-bond acceptors (Lipinski definition) is 6. The Morgan fingerprint density at radius 2 is 1.53 bits per heavy atom. The van der Waals surface area contributed by atoms with E-state index in [0.29, 0.717) is 29.9 Å². The van der Waals surface area contributed by atoms with E-state index in [0.717, 1.165) is 29.9 Å². The van der Waals surface area contributed by atoms with Gasteiger partial charge < -0.3 is 9.80 Å². The minimum Gasteiger partial charge on any atom is -0.368 e. The zero-order chi connectivity index (χ0) is 23.3. The molecule has 0 N–H and O–H groups in total. The topological polar surface area (TPSA) is 79.3 Å². The lowest BCUT2D eigenvalue weighted by molar-refractivity contribution is 0.0746. The number of benzene rings is 2. The number of ketones is 1. The molecule has 0 aliphatic carbocycles. The Kier molecular flexibility index (Phi) is 6.07. The lowest BCUT2D eigenvalue weighted by atomic mass is 10.1. The number of piperazine rings is 1. The molecule has 1 fully saturated rings. The standard InChI is InChI=1S/C27H23N5O2/c33-26(25-19-29-23-3-1-2-4-24(23)30-25)10-7-20-5-8-21(9-6-20)27(34)32-17-15-31(16-18-32)22-11-13-28-14-12-22/h1-14,19H,15-18H2. The van der Waals surface area contributed by atoms with Crippen molar-refractivity contribution in [1.29, 1.82) is 0 Å². The summed E-state index contributed by atoms with van der Waals surface area (Å²) in [7, 11) is 0. The quantitative estimate of drug-likeness (QED) is 0.340. The molecule has 1 saturated heterocycles. The molecule has 7 heteroatoms. The van der Waals surface area contributed by atoms with Gasteiger partial charge in [-0.05, 0) is 48.0 Å². The van der Waals surface area contributed by atoms with Crippen molar-refractivity contribution in [3.63, 3.8) is 0 Å². The maximum atomic E-state index is 12.9. The van der Waals surface area contributed by atoms with E-state index in [1.807, 2.05) is 53.4 Å². The summed E-state index contributed by atoms with van der Waals surface area (Å²) in [4.78, 5) is 42.3. The molecule has 0 radical (unpaired) electrons. The van der Waals surface area contributed by atoms with Gasteiger partial charge in [0.1, 0.15) is 5.69 Å². The molecule has 1 aliphatic heterocycles. The zero-order valence-corrected chi connectivity index (χ0v) is 18.5. The normalized spacial score (nSPS) is 14.0. The van der Waals surface area contributed by atoms with Gasteiger partial charge in [0.05, 0.1) is 17.2 Å². The van der Waals surface area contributed by atoms with Crippen LogP contribution in [0.5, 0.6) is 0 Å². The second-order valence-electron chi connectivity index (χ2n) is 8.05. The Hall–Kier alpha value is -4.39. The predicted molar refractivity (Wildman–Crippen MR) is 132 cm³/mol. The van der Waals surface area contributed by atoms with Crippen LogP contribution in [0.25, 0.3) is 17.1 Å². The molecule has 0 unspecified atom stereocenters. The van der Waals surface area contributed by atoms with E-state index in [4.69, 9.17) is 0 Å². The third-order valence-corrected chi connectivity index (χ3v) is 5.88. The average molecular weight is 450 g/mol. The van der Waals surface area contributed by atoms with E-state index in [9.17, 15) is 9.59 Å². The van der Waals surface area contributed by atoms with Crippen LogP contribution in [0, 0.1) is 0 Å². The van der Waals surface area contributed by atoms with Gasteiger partial charge in [0.25, 0.3) is 5.91 Å². The van der Waals surface area contributed by atoms with Crippen LogP contribution in [-0.2, 0) is 0 Å². The fraction of sp³-hybridized carbons (Fsp3) is 0.148. The highest BCUT2D eigenvalue weighted by Gasteiger charge is 2.22. The van der Waals surface area contributed by atoms with Crippen molar-refractivity contribution >= 4 is 34.5 Å². The van der Waals surface area contributed by atoms with Crippen LogP contribution < -0.4 is 4.90 Å². The smallest absolute Gasteiger partial charge is 0.253 e. The first-order chi connectivity index (χ1) is 16.7. The Balaban J connectivity index is 1.20. The van der Waals surface area contributed by atoms with E-state index in [-0.39, 0.29) is 11.7 Å². The second-order valence-corrected chi connectivity index (χ2v) is 8.05. The molecule has 0 atom stereocenters. The molecular weight excluding hydrogens is 426 g/mol. The number of carbonyl (C=O) groups is 2. The van der Waals surface area contributed by atoms with Crippen LogP contribution in [0.3, 0.4) is 0 Å². The van der Waals surface area contributed by atoms with E-state index in [1.165, 1.54) is 12.3 Å². The second kappa shape index (κ2) is 9.62. The Morgan fingerprint density at radius 1 is 0.824 bits per heavy atom. The van der Waals surface area contributed by atoms with Crippen molar-refractivity contribution in [1.82, 2.24) is 19.9 Å². The molecular formula is C27H23N5O2. The Labute approximate surface area is 197 Å². The number of amides is 1. The van der Waals surface area contributed by atoms with Crippen molar-refractivity contribution in [2.45, 2.75) is 0 Å². The van der Waals surface area contributed by atoms with Crippen LogP contribution in [0.15, 0.2) is 85.3 Å². The third kappa shape index (κ3) is 4.68. The number of aromatic nitrogens is 3. The van der Waals surface area contributed by atoms with Gasteiger partial charge in [0.2, 0.25) is 5.78 Å². The van der Waals surface area contributed by atoms with Crippen LogP contribution in [0.4, 0.5) is 5.69 Å². The van der Waals surface area contributed by atoms with E-state index in [2.05, 4.69) is 19.9 Å². The van der Waals surface area contributed by atoms with Crippen LogP contribution in [0.1, 0.15) is 26.4 Å². The maximum absolute atomic E-state index is 12.9. The molecule has 0 spiro atoms. The minimum absolute atomic E-state index is 0.0208. The first-order valence-corrected chi connectivity index (χ1v) is 11.2. The molecule has 0 bridgehead atoms. The van der Waals surface area contributed by atoms with Gasteiger partial charge in [-0.2, -0.15) is 0 Å². The van der Waals surface area contributed by atoms with Crippen molar-refractivity contribution in [3.05, 3.63) is 102 Å². The first-order valence-electron chi connectivity index (χ1n) is 11.2. The van der Waals surface area contributed by atoms with E-state index >= 15 is 0 Å². The summed E-state index contributed by atoms with van der Waals surface area (Å²) >= 11 is 0. The number of para-hydroxylation sites is 2. The molecule has 2 aromatic heterocycles. The van der Waals surface area contributed by atoms with E-state index in [1.54, 1.807) is 30.6 Å². The number of nitrogens with zero attached hydrogens (tertiary/aromatic N) is 5. The van der Waals surface area contributed by atoms with Gasteiger partial charge in [-0.15, -0.1) is 0 Å². The largest absolute Gasteiger partial charge is 0.368 e. The molecule has 7 nitrogen and oxygen atoms in total. The number of fused-ring (bicyclic) bond motifs is 1. The van der Waals surface area contributed by atoms with Gasteiger partial charge in [0.15, 0.2) is 0 Å². The molecule has 34 heavy (non-hydrogen) atoms. The van der Waals surface area contributed by atoms with Gasteiger partial charge in [-0.25, -0.2) is 4.98 Å². The minimum atomic E-state index is -0.217. The summed E-state index contributed by atoms with van der Waals surface area (Å²) in [5.74, 6) is -0.196. The zero-order valence-electron chi connectivity index (χ0n) is 18.5. The van der Waals surface area contributed by atoms with Crippen molar-refractivity contribution in [2.75, 3.05) is 31.1 Å². The lowest BCUT2D eigenvalue weighted by Crippen LogP contribution is -2.48. The van der Waals surface area contributed by atoms with Crippen LogP contribution in [0.2, 0.25) is 0 Å². The summed E-state index contributed by atoms with van der Waals surface area (Å²) in [5, 5.41) is 0. The van der Waals surface area contributed by atoms with Crippen LogP contribution in [-0.4, -0.2) is 57.7 Å². The molecule has 5 rings (SSSR count). The molecule has 1 amide bonds. The predicted octanol–water partition coefficient (Wildman–Crippen LogP) is 3.88. The third-order valence-electron chi connectivity index (χ3n) is 5.88. The highest BCUT2D eigenvalue weighted by molar-refractivity contribution is 6.06.